The summed E-state index contributed by atoms with van der Waals surface area (Å²) < 4.78 is 0. The molecule has 3 aromatic carbocycles. The molecule has 4 heteroatoms. The number of fused-ring (bicyclic) bond motifs is 7. The molecule has 4 nitrogen and oxygen atoms in total. The quantitative estimate of drug-likeness (QED) is 0.642. The van der Waals surface area contributed by atoms with Crippen LogP contribution in [0.3, 0.4) is 0 Å². The van der Waals surface area contributed by atoms with Crippen molar-refractivity contribution >= 4 is 34.1 Å². The Kier molecular flexibility index (Phi) is 1.79. The maximum absolute atomic E-state index is 3.71. The van der Waals surface area contributed by atoms with E-state index in [1.54, 1.807) is 0 Å². The molecule has 0 unspecified atom stereocenters. The second-order valence-corrected chi connectivity index (χ2v) is 6.12. The predicted octanol–water partition coefficient (Wildman–Crippen LogP) is 4.44. The molecular formula is C19H14N4. The second kappa shape index (κ2) is 3.60. The maximum Gasteiger partial charge on any atom is 0.282 e. The van der Waals surface area contributed by atoms with Crippen molar-refractivity contribution in [2.45, 2.75) is 5.91 Å². The van der Waals surface area contributed by atoms with Crippen LogP contribution < -0.4 is 20.4 Å². The summed E-state index contributed by atoms with van der Waals surface area (Å²) in [5, 5.41) is 7.41. The van der Waals surface area contributed by atoms with Gasteiger partial charge in [-0.05, 0) is 36.4 Å². The van der Waals surface area contributed by atoms with E-state index in [9.17, 15) is 0 Å². The van der Waals surface area contributed by atoms with Crippen LogP contribution in [0.1, 0.15) is 0 Å². The lowest BCUT2D eigenvalue weighted by atomic mass is 10.2. The molecule has 0 saturated carbocycles. The molecule has 0 aliphatic carbocycles. The molecule has 0 amide bonds. The molecule has 3 aromatic rings. The van der Waals surface area contributed by atoms with Crippen molar-refractivity contribution in [2.75, 3.05) is 20.4 Å². The van der Waals surface area contributed by atoms with Crippen LogP contribution >= 0.6 is 0 Å². The Morgan fingerprint density at radius 3 is 1.39 bits per heavy atom. The van der Waals surface area contributed by atoms with Gasteiger partial charge in [-0.3, -0.25) is 9.80 Å². The topological polar surface area (TPSA) is 30.5 Å². The van der Waals surface area contributed by atoms with Gasteiger partial charge in [-0.2, -0.15) is 0 Å². The number of hydrogen-bond donors (Lipinski definition) is 2. The molecule has 0 bridgehead atoms. The van der Waals surface area contributed by atoms with Gasteiger partial charge in [0, 0.05) is 0 Å². The summed E-state index contributed by atoms with van der Waals surface area (Å²) in [6, 6.07) is 25.5. The van der Waals surface area contributed by atoms with E-state index in [4.69, 9.17) is 0 Å². The summed E-state index contributed by atoms with van der Waals surface area (Å²) >= 11 is 0. The molecule has 0 radical (unpaired) electrons. The molecule has 3 heterocycles. The Balaban J connectivity index is 1.70. The van der Waals surface area contributed by atoms with Crippen LogP contribution in [0.4, 0.5) is 34.1 Å². The van der Waals surface area contributed by atoms with Crippen LogP contribution in [-0.4, -0.2) is 5.91 Å². The number of rotatable bonds is 0. The maximum atomic E-state index is 3.71. The third-order valence-electron chi connectivity index (χ3n) is 4.92. The molecular weight excluding hydrogens is 284 g/mol. The minimum absolute atomic E-state index is 0.489. The lowest BCUT2D eigenvalue weighted by Gasteiger charge is -2.35. The Hall–Kier alpha value is -3.14. The number of nitrogens with zero attached hydrogens (tertiary/aromatic N) is 2. The van der Waals surface area contributed by atoms with Crippen molar-refractivity contribution in [1.82, 2.24) is 0 Å². The number of para-hydroxylation sites is 6. The van der Waals surface area contributed by atoms with Crippen LogP contribution in [0.2, 0.25) is 0 Å². The van der Waals surface area contributed by atoms with Crippen molar-refractivity contribution in [2.24, 2.45) is 0 Å². The largest absolute Gasteiger partial charge is 0.325 e. The number of nitrogens with one attached hydrogen (secondary N) is 2. The molecule has 110 valence electrons. The fourth-order valence-electron chi connectivity index (χ4n) is 4.08. The van der Waals surface area contributed by atoms with E-state index >= 15 is 0 Å². The molecule has 0 atom stereocenters. The van der Waals surface area contributed by atoms with Gasteiger partial charge in [-0.1, -0.05) is 36.4 Å². The molecule has 6 rings (SSSR count). The smallest absolute Gasteiger partial charge is 0.282 e. The second-order valence-electron chi connectivity index (χ2n) is 6.12. The van der Waals surface area contributed by atoms with E-state index in [-0.39, 0.29) is 0 Å². The van der Waals surface area contributed by atoms with E-state index in [1.165, 1.54) is 22.7 Å². The SMILES string of the molecule is c1ccc2c(c1)NC13Nc4ccccc4N1c1ccccc1N23. The Morgan fingerprint density at radius 2 is 0.913 bits per heavy atom. The first-order valence-corrected chi connectivity index (χ1v) is 7.82. The van der Waals surface area contributed by atoms with E-state index in [1.807, 2.05) is 0 Å². The van der Waals surface area contributed by atoms with Crippen LogP contribution in [-0.2, 0) is 0 Å². The third-order valence-corrected chi connectivity index (χ3v) is 4.92. The molecule has 2 N–H and O–H groups in total. The molecule has 0 fully saturated rings. The van der Waals surface area contributed by atoms with Gasteiger partial charge in [-0.25, -0.2) is 0 Å². The van der Waals surface area contributed by atoms with E-state index < -0.39 is 5.91 Å². The van der Waals surface area contributed by atoms with Crippen molar-refractivity contribution < 1.29 is 0 Å². The fourth-order valence-corrected chi connectivity index (χ4v) is 4.08. The van der Waals surface area contributed by atoms with Gasteiger partial charge in [0.05, 0.1) is 34.1 Å². The highest BCUT2D eigenvalue weighted by atomic mass is 15.7. The average Bonchev–Trinajstić information content (AvgIpc) is 3.16. The van der Waals surface area contributed by atoms with Gasteiger partial charge in [0.2, 0.25) is 0 Å². The monoisotopic (exact) mass is 298 g/mol. The highest BCUT2D eigenvalue weighted by molar-refractivity contribution is 6.03. The summed E-state index contributed by atoms with van der Waals surface area (Å²) in [7, 11) is 0. The minimum Gasteiger partial charge on any atom is -0.325 e. The van der Waals surface area contributed by atoms with Crippen molar-refractivity contribution in [1.29, 1.82) is 0 Å². The zero-order chi connectivity index (χ0) is 15.0. The Labute approximate surface area is 134 Å². The summed E-state index contributed by atoms with van der Waals surface area (Å²) in [6.07, 6.45) is 0. The van der Waals surface area contributed by atoms with Crippen molar-refractivity contribution in [3.05, 3.63) is 72.8 Å². The normalized spacial score (nSPS) is 17.6. The standard InChI is InChI=1S/C19H14N4/c1-3-9-15-13(7-1)20-19-21-14-8-2-4-10-16(14)23(19)18-12-6-5-11-17(18)22(15)19/h1-12,20-21H. The van der Waals surface area contributed by atoms with E-state index in [0.29, 0.717) is 0 Å². The van der Waals surface area contributed by atoms with Crippen LogP contribution in [0.15, 0.2) is 72.8 Å². The van der Waals surface area contributed by atoms with Crippen LogP contribution in [0.5, 0.6) is 0 Å². The first kappa shape index (κ1) is 11.4. The number of benzene rings is 3. The molecule has 3 aliphatic rings. The van der Waals surface area contributed by atoms with E-state index in [0.717, 1.165) is 11.4 Å². The Morgan fingerprint density at radius 1 is 0.522 bits per heavy atom. The van der Waals surface area contributed by atoms with Gasteiger partial charge in [0.15, 0.2) is 0 Å². The third kappa shape index (κ3) is 1.16. The summed E-state index contributed by atoms with van der Waals surface area (Å²) in [5.74, 6) is -0.489. The van der Waals surface area contributed by atoms with Gasteiger partial charge in [0.1, 0.15) is 0 Å². The average molecular weight is 298 g/mol. The summed E-state index contributed by atoms with van der Waals surface area (Å²) in [6.45, 7) is 0. The molecule has 3 aliphatic heterocycles. The number of anilines is 6. The van der Waals surface area contributed by atoms with Gasteiger partial charge in [-0.15, -0.1) is 0 Å². The zero-order valence-corrected chi connectivity index (χ0v) is 12.3. The molecule has 1 spiro atoms. The summed E-state index contributed by atoms with van der Waals surface area (Å²) in [5.41, 5.74) is 7.11. The minimum atomic E-state index is -0.489. The van der Waals surface area contributed by atoms with Crippen LogP contribution in [0.25, 0.3) is 0 Å². The van der Waals surface area contributed by atoms with Crippen molar-refractivity contribution in [3.8, 4) is 0 Å². The lowest BCUT2D eigenvalue weighted by molar-refractivity contribution is 0.618. The zero-order valence-electron chi connectivity index (χ0n) is 12.3. The van der Waals surface area contributed by atoms with Gasteiger partial charge >= 0.3 is 0 Å². The summed E-state index contributed by atoms with van der Waals surface area (Å²) in [4.78, 5) is 4.72. The first-order valence-electron chi connectivity index (χ1n) is 7.82. The van der Waals surface area contributed by atoms with Crippen LogP contribution in [0, 0.1) is 0 Å². The number of hydrogen-bond acceptors (Lipinski definition) is 4. The van der Waals surface area contributed by atoms with Gasteiger partial charge < -0.3 is 10.6 Å². The highest BCUT2D eigenvalue weighted by Crippen LogP contribution is 2.61. The molecule has 0 aromatic heterocycles. The fraction of sp³-hybridized carbons (Fsp3) is 0.0526. The van der Waals surface area contributed by atoms with Crippen molar-refractivity contribution in [3.63, 3.8) is 0 Å². The Bertz CT molecular complexity index is 886. The van der Waals surface area contributed by atoms with Gasteiger partial charge in [0.25, 0.3) is 5.91 Å². The lowest BCUT2D eigenvalue weighted by Crippen LogP contribution is -2.58. The van der Waals surface area contributed by atoms with E-state index in [2.05, 4.69) is 93.2 Å². The molecule has 23 heavy (non-hydrogen) atoms. The highest BCUT2D eigenvalue weighted by Gasteiger charge is 2.59. The first-order chi connectivity index (χ1) is 11.4. The molecule has 0 saturated heterocycles. The predicted molar refractivity (Wildman–Crippen MR) is 93.6 cm³/mol.